The second kappa shape index (κ2) is 2.61. The third kappa shape index (κ3) is 1.76. The molecule has 0 unspecified atom stereocenters. The second-order valence-electron chi connectivity index (χ2n) is 3.61. The second-order valence-corrected chi connectivity index (χ2v) is 3.61. The average Bonchev–Trinajstić information content (AvgIpc) is 1.86. The molecule has 0 amide bonds. The number of hydrogen-bond acceptors (Lipinski definition) is 1. The molecule has 0 fully saturated rings. The summed E-state index contributed by atoms with van der Waals surface area (Å²) in [5, 5.41) is 0. The Morgan fingerprint density at radius 2 is 2.00 bits per heavy atom. The minimum Gasteiger partial charge on any atom is -0.264 e. The zero-order valence-corrected chi connectivity index (χ0v) is 7.06. The Morgan fingerprint density at radius 1 is 1.36 bits per heavy atom. The van der Waals surface area contributed by atoms with Gasteiger partial charge in [0.2, 0.25) is 0 Å². The van der Waals surface area contributed by atoms with Gasteiger partial charge in [-0.15, -0.1) is 0 Å². The Kier molecular flexibility index (Phi) is 1.94. The third-order valence-corrected chi connectivity index (χ3v) is 1.58. The molecule has 60 valence electrons. The summed E-state index contributed by atoms with van der Waals surface area (Å²) in [5.41, 5.74) is 0.512. The average molecular weight is 153 g/mol. The topological polar surface area (TPSA) is 12.9 Å². The lowest BCUT2D eigenvalue weighted by Gasteiger charge is -2.18. The Labute approximate surface area is 66.3 Å². The third-order valence-electron chi connectivity index (χ3n) is 1.58. The largest absolute Gasteiger partial charge is 0.264 e. The Bertz CT molecular complexity index is 250. The molecule has 1 heterocycles. The van der Waals surface area contributed by atoms with Gasteiger partial charge in [0.05, 0.1) is 0 Å². The van der Waals surface area contributed by atoms with Crippen molar-refractivity contribution in [2.75, 3.05) is 0 Å². The molecule has 0 aliphatic rings. The van der Waals surface area contributed by atoms with E-state index in [0.717, 1.165) is 0 Å². The first-order valence-corrected chi connectivity index (χ1v) is 3.62. The maximum Gasteiger partial charge on any atom is 0.129 e. The highest BCUT2D eigenvalue weighted by Gasteiger charge is 2.17. The fourth-order valence-corrected chi connectivity index (χ4v) is 0.929. The minimum absolute atomic E-state index is 0.154. The van der Waals surface area contributed by atoms with Crippen molar-refractivity contribution in [3.8, 4) is 0 Å². The van der Waals surface area contributed by atoms with Crippen molar-refractivity contribution in [3.05, 3.63) is 29.8 Å². The van der Waals surface area contributed by atoms with Crippen LogP contribution in [-0.2, 0) is 5.41 Å². The zero-order valence-electron chi connectivity index (χ0n) is 7.06. The van der Waals surface area contributed by atoms with E-state index in [1.54, 1.807) is 6.20 Å². The predicted molar refractivity (Wildman–Crippen MR) is 42.9 cm³/mol. The Balaban J connectivity index is 3.14. The number of rotatable bonds is 0. The summed E-state index contributed by atoms with van der Waals surface area (Å²) in [6.45, 7) is 5.90. The SMILES string of the molecule is CC(C)(C)c1cnccc1F. The summed E-state index contributed by atoms with van der Waals surface area (Å²) in [5.74, 6) is -0.174. The van der Waals surface area contributed by atoms with Crippen LogP contribution in [0.5, 0.6) is 0 Å². The minimum atomic E-state index is -0.174. The van der Waals surface area contributed by atoms with Gasteiger partial charge in [-0.05, 0) is 11.5 Å². The maximum atomic E-state index is 13.0. The van der Waals surface area contributed by atoms with E-state index >= 15 is 0 Å². The molecule has 1 rings (SSSR count). The molecule has 0 radical (unpaired) electrons. The highest BCUT2D eigenvalue weighted by Crippen LogP contribution is 2.23. The summed E-state index contributed by atoms with van der Waals surface area (Å²) in [6, 6.07) is 1.39. The van der Waals surface area contributed by atoms with E-state index in [1.165, 1.54) is 12.3 Å². The molecule has 0 bridgehead atoms. The van der Waals surface area contributed by atoms with Crippen LogP contribution in [0.15, 0.2) is 18.5 Å². The molecule has 0 spiro atoms. The number of hydrogen-bond donors (Lipinski definition) is 0. The molecule has 0 saturated heterocycles. The van der Waals surface area contributed by atoms with Crippen LogP contribution in [-0.4, -0.2) is 4.98 Å². The standard InChI is InChI=1S/C9H12FN/c1-9(2,3)7-6-11-5-4-8(7)10/h4-6H,1-3H3. The molecule has 0 aromatic carbocycles. The molecule has 1 aromatic rings. The van der Waals surface area contributed by atoms with E-state index in [2.05, 4.69) is 4.98 Å². The van der Waals surface area contributed by atoms with E-state index in [0.29, 0.717) is 5.56 Å². The van der Waals surface area contributed by atoms with Gasteiger partial charge in [-0.3, -0.25) is 4.98 Å². The first kappa shape index (κ1) is 8.18. The molecule has 0 N–H and O–H groups in total. The van der Waals surface area contributed by atoms with Crippen LogP contribution in [0.2, 0.25) is 0 Å². The summed E-state index contributed by atoms with van der Waals surface area (Å²) in [7, 11) is 0. The van der Waals surface area contributed by atoms with Crippen molar-refractivity contribution < 1.29 is 4.39 Å². The van der Waals surface area contributed by atoms with Crippen LogP contribution in [0.25, 0.3) is 0 Å². The van der Waals surface area contributed by atoms with Gasteiger partial charge >= 0.3 is 0 Å². The highest BCUT2D eigenvalue weighted by atomic mass is 19.1. The fraction of sp³-hybridized carbons (Fsp3) is 0.444. The van der Waals surface area contributed by atoms with E-state index < -0.39 is 0 Å². The molecule has 2 heteroatoms. The molecule has 0 aliphatic heterocycles. The van der Waals surface area contributed by atoms with Crippen molar-refractivity contribution in [3.63, 3.8) is 0 Å². The maximum absolute atomic E-state index is 13.0. The molecular weight excluding hydrogens is 141 g/mol. The molecule has 0 atom stereocenters. The quantitative estimate of drug-likeness (QED) is 0.558. The zero-order chi connectivity index (χ0) is 8.48. The Hall–Kier alpha value is -0.920. The predicted octanol–water partition coefficient (Wildman–Crippen LogP) is 2.52. The van der Waals surface area contributed by atoms with Crippen LogP contribution in [0.1, 0.15) is 26.3 Å². The number of nitrogens with zero attached hydrogens (tertiary/aromatic N) is 1. The van der Waals surface area contributed by atoms with Gasteiger partial charge in [-0.1, -0.05) is 20.8 Å². The summed E-state index contributed by atoms with van der Waals surface area (Å²) >= 11 is 0. The van der Waals surface area contributed by atoms with Gasteiger partial charge in [-0.25, -0.2) is 4.39 Å². The van der Waals surface area contributed by atoms with Crippen LogP contribution in [0.3, 0.4) is 0 Å². The lowest BCUT2D eigenvalue weighted by molar-refractivity contribution is 0.519. The highest BCUT2D eigenvalue weighted by molar-refractivity contribution is 5.20. The number of halogens is 1. The summed E-state index contributed by atoms with van der Waals surface area (Å²) < 4.78 is 13.0. The molecule has 11 heavy (non-hydrogen) atoms. The number of aromatic nitrogens is 1. The van der Waals surface area contributed by atoms with E-state index in [1.807, 2.05) is 20.8 Å². The summed E-state index contributed by atoms with van der Waals surface area (Å²) in [6.07, 6.45) is 3.04. The van der Waals surface area contributed by atoms with Gasteiger partial charge in [-0.2, -0.15) is 0 Å². The number of pyridine rings is 1. The monoisotopic (exact) mass is 153 g/mol. The van der Waals surface area contributed by atoms with Crippen molar-refractivity contribution in [1.29, 1.82) is 0 Å². The van der Waals surface area contributed by atoms with Crippen LogP contribution >= 0.6 is 0 Å². The fourth-order valence-electron chi connectivity index (χ4n) is 0.929. The van der Waals surface area contributed by atoms with Crippen molar-refractivity contribution >= 4 is 0 Å². The van der Waals surface area contributed by atoms with Gasteiger partial charge in [0.1, 0.15) is 5.82 Å². The van der Waals surface area contributed by atoms with E-state index in [-0.39, 0.29) is 11.2 Å². The van der Waals surface area contributed by atoms with E-state index in [4.69, 9.17) is 0 Å². The van der Waals surface area contributed by atoms with Gasteiger partial charge in [0.25, 0.3) is 0 Å². The van der Waals surface area contributed by atoms with Crippen LogP contribution in [0, 0.1) is 5.82 Å². The molecule has 1 nitrogen and oxygen atoms in total. The van der Waals surface area contributed by atoms with E-state index in [9.17, 15) is 4.39 Å². The van der Waals surface area contributed by atoms with Crippen LogP contribution in [0.4, 0.5) is 4.39 Å². The lowest BCUT2D eigenvalue weighted by Crippen LogP contribution is -2.13. The van der Waals surface area contributed by atoms with Crippen LogP contribution < -0.4 is 0 Å². The van der Waals surface area contributed by atoms with Crippen molar-refractivity contribution in [2.45, 2.75) is 26.2 Å². The smallest absolute Gasteiger partial charge is 0.129 e. The normalized spacial score (nSPS) is 11.6. The lowest BCUT2D eigenvalue weighted by atomic mass is 9.88. The van der Waals surface area contributed by atoms with Crippen molar-refractivity contribution in [1.82, 2.24) is 4.98 Å². The first-order chi connectivity index (χ1) is 5.02. The summed E-state index contributed by atoms with van der Waals surface area (Å²) in [4.78, 5) is 3.87. The van der Waals surface area contributed by atoms with Gasteiger partial charge in [0, 0.05) is 18.0 Å². The molecule has 1 aromatic heterocycles. The Morgan fingerprint density at radius 3 is 2.36 bits per heavy atom. The first-order valence-electron chi connectivity index (χ1n) is 3.62. The molecule has 0 aliphatic carbocycles. The molecular formula is C9H12FN. The van der Waals surface area contributed by atoms with Crippen molar-refractivity contribution in [2.24, 2.45) is 0 Å². The molecule has 0 saturated carbocycles. The van der Waals surface area contributed by atoms with Gasteiger partial charge in [0.15, 0.2) is 0 Å². The van der Waals surface area contributed by atoms with Gasteiger partial charge < -0.3 is 0 Å².